The van der Waals surface area contributed by atoms with Crippen LogP contribution in [0.1, 0.15) is 11.1 Å². The third-order valence-electron chi connectivity index (χ3n) is 3.04. The van der Waals surface area contributed by atoms with Gasteiger partial charge in [0.15, 0.2) is 5.17 Å². The fourth-order valence-electron chi connectivity index (χ4n) is 1.79. The molecule has 1 heterocycles. The van der Waals surface area contributed by atoms with Gasteiger partial charge in [-0.15, -0.1) is 5.10 Å². The van der Waals surface area contributed by atoms with Crippen LogP contribution in [0.25, 0.3) is 0 Å². The molecule has 1 aliphatic heterocycles. The van der Waals surface area contributed by atoms with E-state index < -0.39 is 19.0 Å². The summed E-state index contributed by atoms with van der Waals surface area (Å²) in [6, 6.07) is 4.87. The molecule has 1 amide bonds. The number of esters is 1. The third-order valence-corrected chi connectivity index (χ3v) is 3.94. The number of nitrogens with zero attached hydrogens (tertiary/aromatic N) is 2. The molecule has 1 aromatic carbocycles. The molecule has 1 aromatic rings. The van der Waals surface area contributed by atoms with Gasteiger partial charge >= 0.3 is 13.1 Å². The molecular weight excluding hydrogens is 333 g/mol. The molecule has 10 heteroatoms. The van der Waals surface area contributed by atoms with Crippen LogP contribution in [0, 0.1) is 6.92 Å². The number of hydrogen-bond acceptors (Lipinski definition) is 8. The number of carbonyl (C=O) groups excluding carboxylic acids is 2. The van der Waals surface area contributed by atoms with Crippen LogP contribution in [-0.4, -0.2) is 47.5 Å². The van der Waals surface area contributed by atoms with E-state index in [2.05, 4.69) is 20.3 Å². The number of nitrogens with one attached hydrogen (secondary N) is 1. The molecule has 1 fully saturated rings. The fraction of sp³-hybridized carbons (Fsp3) is 0.143. The second-order valence-electron chi connectivity index (χ2n) is 4.73. The number of amides is 1. The van der Waals surface area contributed by atoms with E-state index in [0.29, 0.717) is 5.46 Å². The number of ether oxygens (including phenoxy) is 1. The average Bonchev–Trinajstić information content (AvgIpc) is 2.88. The molecule has 8 nitrogen and oxygen atoms in total. The summed E-state index contributed by atoms with van der Waals surface area (Å²) in [6.07, 6.45) is 2.56. The van der Waals surface area contributed by atoms with Crippen molar-refractivity contribution in [3.8, 4) is 0 Å². The third kappa shape index (κ3) is 4.54. The van der Waals surface area contributed by atoms with E-state index in [1.807, 2.05) is 0 Å². The van der Waals surface area contributed by atoms with Gasteiger partial charge < -0.3 is 14.8 Å². The second kappa shape index (κ2) is 7.91. The smallest absolute Gasteiger partial charge is 0.466 e. The van der Waals surface area contributed by atoms with Crippen molar-refractivity contribution >= 4 is 47.6 Å². The summed E-state index contributed by atoms with van der Waals surface area (Å²) in [7, 11) is -0.306. The van der Waals surface area contributed by atoms with Gasteiger partial charge in [0.25, 0.3) is 5.91 Å². The van der Waals surface area contributed by atoms with Crippen molar-refractivity contribution < 1.29 is 24.4 Å². The van der Waals surface area contributed by atoms with Gasteiger partial charge in [-0.25, -0.2) is 4.79 Å². The Morgan fingerprint density at radius 2 is 2.17 bits per heavy atom. The standard InChI is InChI=1S/C14H14BN3O5S/c1-8-5-10(15(21)22)4-3-9(8)7-16-18-14-17-13(20)11(24-14)6-12(19)23-2/h3-7,21-22H,1-2H3,(H,17,18,20)/b11-6+,16-7?. The molecule has 2 rings (SSSR count). The highest BCUT2D eigenvalue weighted by Crippen LogP contribution is 2.23. The predicted molar refractivity (Wildman–Crippen MR) is 91.9 cm³/mol. The average molecular weight is 347 g/mol. The lowest BCUT2D eigenvalue weighted by Crippen LogP contribution is -2.30. The van der Waals surface area contributed by atoms with E-state index in [0.717, 1.165) is 29.0 Å². The maximum Gasteiger partial charge on any atom is 0.488 e. The molecular formula is C14H14BN3O5S. The minimum Gasteiger partial charge on any atom is -0.466 e. The zero-order valence-electron chi connectivity index (χ0n) is 12.9. The van der Waals surface area contributed by atoms with Crippen molar-refractivity contribution in [3.05, 3.63) is 40.3 Å². The molecule has 0 saturated carbocycles. The zero-order chi connectivity index (χ0) is 17.7. The van der Waals surface area contributed by atoms with Crippen molar-refractivity contribution in [1.82, 2.24) is 5.32 Å². The molecule has 0 aromatic heterocycles. The largest absolute Gasteiger partial charge is 0.488 e. The normalized spacial score (nSPS) is 17.6. The lowest BCUT2D eigenvalue weighted by molar-refractivity contribution is -0.135. The Morgan fingerprint density at radius 3 is 2.79 bits per heavy atom. The van der Waals surface area contributed by atoms with Crippen molar-refractivity contribution in [2.24, 2.45) is 10.2 Å². The topological polar surface area (TPSA) is 121 Å². The summed E-state index contributed by atoms with van der Waals surface area (Å²) in [5.41, 5.74) is 1.91. The molecule has 1 aliphatic rings. The first-order chi connectivity index (χ1) is 11.4. The van der Waals surface area contributed by atoms with Crippen LogP contribution in [0.2, 0.25) is 0 Å². The number of methoxy groups -OCH3 is 1. The van der Waals surface area contributed by atoms with Gasteiger partial charge in [-0.1, -0.05) is 18.2 Å². The first kappa shape index (κ1) is 17.9. The lowest BCUT2D eigenvalue weighted by Gasteiger charge is -2.03. The van der Waals surface area contributed by atoms with Gasteiger partial charge in [-0.05, 0) is 35.3 Å². The highest BCUT2D eigenvalue weighted by molar-refractivity contribution is 8.18. The summed E-state index contributed by atoms with van der Waals surface area (Å²) in [6.45, 7) is 1.80. The number of benzene rings is 1. The van der Waals surface area contributed by atoms with E-state index >= 15 is 0 Å². The van der Waals surface area contributed by atoms with Crippen LogP contribution in [0.4, 0.5) is 0 Å². The number of rotatable bonds is 4. The molecule has 0 unspecified atom stereocenters. The summed E-state index contributed by atoms with van der Waals surface area (Å²) in [5.74, 6) is -1.07. The Kier molecular flexibility index (Phi) is 5.90. The van der Waals surface area contributed by atoms with E-state index in [9.17, 15) is 9.59 Å². The van der Waals surface area contributed by atoms with E-state index in [-0.39, 0.29) is 10.1 Å². The van der Waals surface area contributed by atoms with Gasteiger partial charge in [0.05, 0.1) is 18.2 Å². The van der Waals surface area contributed by atoms with Gasteiger partial charge in [0.1, 0.15) is 0 Å². The Labute approximate surface area is 142 Å². The fourth-order valence-corrected chi connectivity index (χ4v) is 2.53. The van der Waals surface area contributed by atoms with Gasteiger partial charge in [-0.3, -0.25) is 10.1 Å². The molecule has 0 radical (unpaired) electrons. The van der Waals surface area contributed by atoms with Crippen molar-refractivity contribution in [1.29, 1.82) is 0 Å². The number of carbonyl (C=O) groups is 2. The van der Waals surface area contributed by atoms with E-state index in [1.54, 1.807) is 25.1 Å². The van der Waals surface area contributed by atoms with Crippen molar-refractivity contribution in [2.75, 3.05) is 7.11 Å². The highest BCUT2D eigenvalue weighted by atomic mass is 32.2. The number of aryl methyl sites for hydroxylation is 1. The monoisotopic (exact) mass is 347 g/mol. The molecule has 0 atom stereocenters. The zero-order valence-corrected chi connectivity index (χ0v) is 13.7. The Hall–Kier alpha value is -2.43. The van der Waals surface area contributed by atoms with Crippen molar-refractivity contribution in [2.45, 2.75) is 6.92 Å². The van der Waals surface area contributed by atoms with E-state index in [1.165, 1.54) is 13.3 Å². The number of thioether (sulfide) groups is 1. The quantitative estimate of drug-likeness (QED) is 0.217. The van der Waals surface area contributed by atoms with Gasteiger partial charge in [-0.2, -0.15) is 5.10 Å². The molecule has 24 heavy (non-hydrogen) atoms. The van der Waals surface area contributed by atoms with Gasteiger partial charge in [0.2, 0.25) is 0 Å². The molecule has 1 saturated heterocycles. The summed E-state index contributed by atoms with van der Waals surface area (Å²) in [4.78, 5) is 22.9. The lowest BCUT2D eigenvalue weighted by atomic mass is 9.79. The van der Waals surface area contributed by atoms with Crippen LogP contribution >= 0.6 is 11.8 Å². The Balaban J connectivity index is 2.09. The van der Waals surface area contributed by atoms with Crippen LogP contribution in [0.5, 0.6) is 0 Å². The first-order valence-electron chi connectivity index (χ1n) is 6.77. The first-order valence-corrected chi connectivity index (χ1v) is 7.59. The number of hydrogen-bond donors (Lipinski definition) is 3. The van der Waals surface area contributed by atoms with E-state index in [4.69, 9.17) is 10.0 Å². The second-order valence-corrected chi connectivity index (χ2v) is 5.76. The predicted octanol–water partition coefficient (Wildman–Crippen LogP) is -0.715. The maximum atomic E-state index is 11.6. The highest BCUT2D eigenvalue weighted by Gasteiger charge is 2.25. The summed E-state index contributed by atoms with van der Waals surface area (Å²) in [5, 5.41) is 28.7. The summed E-state index contributed by atoms with van der Waals surface area (Å²) >= 11 is 0.978. The minimum absolute atomic E-state index is 0.174. The van der Waals surface area contributed by atoms with Crippen LogP contribution in [-0.2, 0) is 14.3 Å². The minimum atomic E-state index is -1.53. The number of amidine groups is 1. The molecule has 0 spiro atoms. The van der Waals surface area contributed by atoms with Crippen LogP contribution in [0.15, 0.2) is 39.4 Å². The van der Waals surface area contributed by atoms with Crippen LogP contribution < -0.4 is 10.8 Å². The van der Waals surface area contributed by atoms with Crippen molar-refractivity contribution in [3.63, 3.8) is 0 Å². The summed E-state index contributed by atoms with van der Waals surface area (Å²) < 4.78 is 4.46. The Bertz CT molecular complexity index is 761. The molecule has 124 valence electrons. The van der Waals surface area contributed by atoms with Gasteiger partial charge in [0, 0.05) is 6.08 Å². The Morgan fingerprint density at radius 1 is 1.42 bits per heavy atom. The van der Waals surface area contributed by atoms with Crippen LogP contribution in [0.3, 0.4) is 0 Å². The molecule has 0 aliphatic carbocycles. The molecule has 3 N–H and O–H groups in total. The molecule has 0 bridgehead atoms. The SMILES string of the molecule is COC(=O)/C=C1/S/C(=N\N=Cc2ccc(B(O)O)cc2C)NC1=O. The maximum absolute atomic E-state index is 11.6.